The molecule has 0 amide bonds. The molecule has 0 fully saturated rings. The van der Waals surface area contributed by atoms with Gasteiger partial charge in [0.2, 0.25) is 0 Å². The van der Waals surface area contributed by atoms with Crippen molar-refractivity contribution in [2.75, 3.05) is 26.2 Å². The average Bonchev–Trinajstić information content (AvgIpc) is 2.17. The molecule has 0 aromatic carbocycles. The Kier molecular flexibility index (Phi) is 4.14. The van der Waals surface area contributed by atoms with Gasteiger partial charge in [-0.05, 0) is 38.3 Å². The Morgan fingerprint density at radius 1 is 1.50 bits per heavy atom. The summed E-state index contributed by atoms with van der Waals surface area (Å²) < 4.78 is 0. The van der Waals surface area contributed by atoms with Crippen molar-refractivity contribution in [3.05, 3.63) is 11.6 Å². The lowest BCUT2D eigenvalue weighted by molar-refractivity contribution is 0.232. The molecular weight excluding hydrogens is 172 g/mol. The van der Waals surface area contributed by atoms with Gasteiger partial charge in [-0.3, -0.25) is 4.90 Å². The van der Waals surface area contributed by atoms with E-state index in [1.807, 2.05) is 0 Å². The Labute approximate surface area is 88.2 Å². The largest absolute Gasteiger partial charge is 0.330 e. The second-order valence-corrected chi connectivity index (χ2v) is 5.22. The van der Waals surface area contributed by atoms with Crippen molar-refractivity contribution in [2.45, 2.75) is 33.6 Å². The molecule has 1 aliphatic rings. The van der Waals surface area contributed by atoms with Gasteiger partial charge in [0.1, 0.15) is 0 Å². The van der Waals surface area contributed by atoms with Crippen LogP contribution >= 0.6 is 0 Å². The van der Waals surface area contributed by atoms with Gasteiger partial charge in [0, 0.05) is 13.1 Å². The summed E-state index contributed by atoms with van der Waals surface area (Å²) in [4.78, 5) is 2.52. The highest BCUT2D eigenvalue weighted by Gasteiger charge is 2.17. The maximum absolute atomic E-state index is 5.71. The van der Waals surface area contributed by atoms with Crippen LogP contribution in [0.25, 0.3) is 0 Å². The van der Waals surface area contributed by atoms with E-state index in [2.05, 4.69) is 31.7 Å². The summed E-state index contributed by atoms with van der Waals surface area (Å²) in [6.07, 6.45) is 4.79. The van der Waals surface area contributed by atoms with Crippen LogP contribution in [0.15, 0.2) is 11.6 Å². The molecule has 1 aliphatic heterocycles. The lowest BCUT2D eigenvalue weighted by atomic mass is 9.89. The number of nitrogens with two attached hydrogens (primary N) is 1. The van der Waals surface area contributed by atoms with E-state index >= 15 is 0 Å². The van der Waals surface area contributed by atoms with Gasteiger partial charge in [-0.15, -0.1) is 0 Å². The summed E-state index contributed by atoms with van der Waals surface area (Å²) in [5.41, 5.74) is 7.56. The van der Waals surface area contributed by atoms with Crippen LogP contribution in [0.2, 0.25) is 0 Å². The van der Waals surface area contributed by atoms with Gasteiger partial charge < -0.3 is 5.73 Å². The van der Waals surface area contributed by atoms with E-state index in [0.717, 1.165) is 13.1 Å². The van der Waals surface area contributed by atoms with Crippen molar-refractivity contribution in [3.63, 3.8) is 0 Å². The molecule has 0 radical (unpaired) electrons. The highest BCUT2D eigenvalue weighted by molar-refractivity contribution is 5.03. The summed E-state index contributed by atoms with van der Waals surface area (Å²) in [7, 11) is 0. The predicted octanol–water partition coefficient (Wildman–Crippen LogP) is 2.01. The Hall–Kier alpha value is -0.340. The van der Waals surface area contributed by atoms with Crippen LogP contribution in [-0.2, 0) is 0 Å². The lowest BCUT2D eigenvalue weighted by Gasteiger charge is -2.29. The molecule has 1 heterocycles. The first kappa shape index (κ1) is 11.7. The third-order valence-corrected chi connectivity index (χ3v) is 3.18. The molecule has 0 saturated heterocycles. The summed E-state index contributed by atoms with van der Waals surface area (Å²) in [6.45, 7) is 11.1. The second kappa shape index (κ2) is 4.94. The van der Waals surface area contributed by atoms with E-state index in [1.54, 1.807) is 5.57 Å². The van der Waals surface area contributed by atoms with Crippen LogP contribution < -0.4 is 5.73 Å². The van der Waals surface area contributed by atoms with Gasteiger partial charge in [-0.2, -0.15) is 0 Å². The summed E-state index contributed by atoms with van der Waals surface area (Å²) >= 11 is 0. The SMILES string of the molecule is CC1=CCN(CCC(C)(C)CN)CC1. The Morgan fingerprint density at radius 2 is 2.21 bits per heavy atom. The summed E-state index contributed by atoms with van der Waals surface area (Å²) in [6, 6.07) is 0. The fourth-order valence-corrected chi connectivity index (χ4v) is 1.58. The topological polar surface area (TPSA) is 29.3 Å². The van der Waals surface area contributed by atoms with E-state index in [9.17, 15) is 0 Å². The van der Waals surface area contributed by atoms with E-state index in [4.69, 9.17) is 5.73 Å². The van der Waals surface area contributed by atoms with Crippen LogP contribution in [0.1, 0.15) is 33.6 Å². The fourth-order valence-electron chi connectivity index (χ4n) is 1.58. The zero-order valence-electron chi connectivity index (χ0n) is 9.84. The third kappa shape index (κ3) is 3.81. The third-order valence-electron chi connectivity index (χ3n) is 3.18. The van der Waals surface area contributed by atoms with E-state index in [0.29, 0.717) is 5.41 Å². The van der Waals surface area contributed by atoms with Crippen LogP contribution in [0.3, 0.4) is 0 Å². The monoisotopic (exact) mass is 196 g/mol. The van der Waals surface area contributed by atoms with Crippen LogP contribution in [-0.4, -0.2) is 31.1 Å². The van der Waals surface area contributed by atoms with E-state index < -0.39 is 0 Å². The number of rotatable bonds is 4. The summed E-state index contributed by atoms with van der Waals surface area (Å²) in [5.74, 6) is 0. The Balaban J connectivity index is 2.26. The van der Waals surface area contributed by atoms with Crippen LogP contribution in [0.5, 0.6) is 0 Å². The molecular formula is C12H24N2. The van der Waals surface area contributed by atoms with Gasteiger partial charge >= 0.3 is 0 Å². The first-order valence-electron chi connectivity index (χ1n) is 5.61. The lowest BCUT2D eigenvalue weighted by Crippen LogP contribution is -2.34. The van der Waals surface area contributed by atoms with Gasteiger partial charge in [0.25, 0.3) is 0 Å². The van der Waals surface area contributed by atoms with Gasteiger partial charge in [0.05, 0.1) is 0 Å². The molecule has 0 aromatic heterocycles. The molecule has 14 heavy (non-hydrogen) atoms. The van der Waals surface area contributed by atoms with Crippen LogP contribution in [0.4, 0.5) is 0 Å². The van der Waals surface area contributed by atoms with E-state index in [-0.39, 0.29) is 0 Å². The van der Waals surface area contributed by atoms with E-state index in [1.165, 1.54) is 25.9 Å². The predicted molar refractivity (Wildman–Crippen MR) is 62.3 cm³/mol. The van der Waals surface area contributed by atoms with Crippen molar-refractivity contribution in [1.29, 1.82) is 0 Å². The standard InChI is InChI=1S/C12H24N2/c1-11-4-7-14(8-5-11)9-6-12(2,3)10-13/h4H,5-10,13H2,1-3H3. The molecule has 0 saturated carbocycles. The second-order valence-electron chi connectivity index (χ2n) is 5.22. The highest BCUT2D eigenvalue weighted by atomic mass is 15.1. The first-order chi connectivity index (χ1) is 6.53. The Morgan fingerprint density at radius 3 is 2.71 bits per heavy atom. The molecule has 0 bridgehead atoms. The van der Waals surface area contributed by atoms with Crippen molar-refractivity contribution >= 4 is 0 Å². The number of nitrogens with zero attached hydrogens (tertiary/aromatic N) is 1. The van der Waals surface area contributed by atoms with Crippen LogP contribution in [0, 0.1) is 5.41 Å². The maximum Gasteiger partial charge on any atom is 0.0165 e. The minimum Gasteiger partial charge on any atom is -0.330 e. The molecule has 0 aromatic rings. The summed E-state index contributed by atoms with van der Waals surface area (Å²) in [5, 5.41) is 0. The molecule has 1 rings (SSSR count). The first-order valence-corrected chi connectivity index (χ1v) is 5.61. The van der Waals surface area contributed by atoms with Crippen molar-refractivity contribution < 1.29 is 0 Å². The highest BCUT2D eigenvalue weighted by Crippen LogP contribution is 2.19. The quantitative estimate of drug-likeness (QED) is 0.697. The van der Waals surface area contributed by atoms with Gasteiger partial charge in [0.15, 0.2) is 0 Å². The molecule has 2 nitrogen and oxygen atoms in total. The fraction of sp³-hybridized carbons (Fsp3) is 0.833. The normalized spacial score (nSPS) is 19.6. The number of hydrogen-bond acceptors (Lipinski definition) is 2. The maximum atomic E-state index is 5.71. The molecule has 82 valence electrons. The molecule has 0 atom stereocenters. The minimum absolute atomic E-state index is 0.302. The molecule has 0 aliphatic carbocycles. The molecule has 2 N–H and O–H groups in total. The van der Waals surface area contributed by atoms with Crippen molar-refractivity contribution in [3.8, 4) is 0 Å². The Bertz CT molecular complexity index is 206. The van der Waals surface area contributed by atoms with Crippen molar-refractivity contribution in [1.82, 2.24) is 4.90 Å². The molecule has 2 heteroatoms. The zero-order chi connectivity index (χ0) is 10.6. The smallest absolute Gasteiger partial charge is 0.0165 e. The zero-order valence-corrected chi connectivity index (χ0v) is 9.84. The molecule has 0 unspecified atom stereocenters. The molecule has 0 spiro atoms. The minimum atomic E-state index is 0.302. The van der Waals surface area contributed by atoms with Crippen molar-refractivity contribution in [2.24, 2.45) is 11.1 Å². The average molecular weight is 196 g/mol. The van der Waals surface area contributed by atoms with Gasteiger partial charge in [-0.25, -0.2) is 0 Å². The number of hydrogen-bond donors (Lipinski definition) is 1. The van der Waals surface area contributed by atoms with Gasteiger partial charge in [-0.1, -0.05) is 25.5 Å².